The molecule has 1 atom stereocenters. The smallest absolute Gasteiger partial charge is 0.232 e. The Labute approximate surface area is 212 Å². The van der Waals surface area contributed by atoms with Gasteiger partial charge in [-0.2, -0.15) is 5.26 Å². The van der Waals surface area contributed by atoms with Crippen molar-refractivity contribution in [3.05, 3.63) is 52.4 Å². The zero-order valence-corrected chi connectivity index (χ0v) is 22.0. The van der Waals surface area contributed by atoms with E-state index in [0.717, 1.165) is 17.4 Å². The lowest BCUT2D eigenvalue weighted by molar-refractivity contribution is 0.0419. The summed E-state index contributed by atoms with van der Waals surface area (Å²) in [5.74, 6) is 1.16. The molecule has 1 unspecified atom stereocenters. The topological polar surface area (TPSA) is 103 Å². The average Bonchev–Trinajstić information content (AvgIpc) is 2.86. The summed E-state index contributed by atoms with van der Waals surface area (Å²) < 4.78 is 30.6. The fraction of sp³-hybridized carbons (Fsp3) is 0.458. The van der Waals surface area contributed by atoms with Gasteiger partial charge in [0, 0.05) is 32.4 Å². The third-order valence-corrected chi connectivity index (χ3v) is 8.09. The molecule has 186 valence electrons. The van der Waals surface area contributed by atoms with Crippen molar-refractivity contribution in [2.75, 3.05) is 55.8 Å². The molecule has 9 nitrogen and oxygen atoms in total. The number of nitrogens with one attached hydrogen (secondary N) is 1. The van der Waals surface area contributed by atoms with Crippen LogP contribution in [0, 0.1) is 17.9 Å². The summed E-state index contributed by atoms with van der Waals surface area (Å²) >= 11 is 1.44. The van der Waals surface area contributed by atoms with Crippen molar-refractivity contribution in [2.24, 2.45) is 0 Å². The molecule has 1 aliphatic heterocycles. The van der Waals surface area contributed by atoms with Gasteiger partial charge in [-0.3, -0.25) is 4.31 Å². The van der Waals surface area contributed by atoms with Crippen molar-refractivity contribution in [3.8, 4) is 6.07 Å². The zero-order chi connectivity index (χ0) is 25.6. The summed E-state index contributed by atoms with van der Waals surface area (Å²) in [6.45, 7) is 12.2. The van der Waals surface area contributed by atoms with Crippen LogP contribution in [0.15, 0.2) is 29.3 Å². The number of thioether (sulfide) groups is 1. The molecule has 11 heteroatoms. The van der Waals surface area contributed by atoms with Gasteiger partial charge in [-0.05, 0) is 36.7 Å². The van der Waals surface area contributed by atoms with E-state index in [9.17, 15) is 13.7 Å². The number of anilines is 2. The number of sulfonamides is 1. The molecule has 3 rings (SSSR count). The number of nitrogens with zero attached hydrogens (tertiary/aromatic N) is 5. The lowest BCUT2D eigenvalue weighted by atomic mass is 10.1. The van der Waals surface area contributed by atoms with E-state index < -0.39 is 10.0 Å². The average molecular weight is 515 g/mol. The highest BCUT2D eigenvalue weighted by Crippen LogP contribution is 2.39. The summed E-state index contributed by atoms with van der Waals surface area (Å²) in [6.07, 6.45) is 1.71. The van der Waals surface area contributed by atoms with E-state index in [0.29, 0.717) is 66.2 Å². The maximum absolute atomic E-state index is 11.8. The molecule has 0 aliphatic carbocycles. The number of nitriles is 1. The van der Waals surface area contributed by atoms with Crippen LogP contribution < -0.4 is 14.5 Å². The molecule has 1 aromatic heterocycles. The van der Waals surface area contributed by atoms with E-state index >= 15 is 0 Å². The lowest BCUT2D eigenvalue weighted by Gasteiger charge is -2.35. The van der Waals surface area contributed by atoms with E-state index in [1.807, 2.05) is 26.1 Å². The summed E-state index contributed by atoms with van der Waals surface area (Å²) in [5, 5.41) is 13.7. The highest BCUT2D eigenvalue weighted by Gasteiger charge is 2.27. The number of pyridine rings is 1. The molecule has 0 bridgehead atoms. The largest absolute Gasteiger partial charge is 0.373 e. The molecule has 1 aliphatic rings. The fourth-order valence-electron chi connectivity index (χ4n) is 3.90. The van der Waals surface area contributed by atoms with E-state index in [1.54, 1.807) is 12.1 Å². The number of rotatable bonds is 9. The molecule has 0 amide bonds. The van der Waals surface area contributed by atoms with Crippen LogP contribution in [0.1, 0.15) is 23.6 Å². The van der Waals surface area contributed by atoms with Gasteiger partial charge in [0.2, 0.25) is 15.7 Å². The van der Waals surface area contributed by atoms with Crippen molar-refractivity contribution >= 4 is 39.0 Å². The van der Waals surface area contributed by atoms with E-state index in [1.165, 1.54) is 23.1 Å². The minimum absolute atomic E-state index is 0.00506. The number of benzene rings is 1. The number of morpholine rings is 1. The Morgan fingerprint density at radius 2 is 2.11 bits per heavy atom. The SMILES string of the molecule is [C-]#[N+]c1c(N2CCOC(CNC)C2)nc(SCc2ccc(N(C)S(C)(=O)=O)cc2)c(C#N)c1CC. The Bertz CT molecular complexity index is 1230. The van der Waals surface area contributed by atoms with Gasteiger partial charge in [0.05, 0.1) is 36.8 Å². The van der Waals surface area contributed by atoms with Crippen molar-refractivity contribution in [1.82, 2.24) is 10.3 Å². The molecule has 0 spiro atoms. The van der Waals surface area contributed by atoms with Gasteiger partial charge in [0.15, 0.2) is 0 Å². The van der Waals surface area contributed by atoms with Crippen LogP contribution in [0.5, 0.6) is 0 Å². The minimum atomic E-state index is -3.33. The third kappa shape index (κ3) is 6.24. The van der Waals surface area contributed by atoms with Gasteiger partial charge in [-0.15, -0.1) is 11.8 Å². The first-order valence-corrected chi connectivity index (χ1v) is 14.1. The van der Waals surface area contributed by atoms with Crippen LogP contribution in [-0.4, -0.2) is 66.1 Å². The third-order valence-electron chi connectivity index (χ3n) is 5.84. The predicted octanol–water partition coefficient (Wildman–Crippen LogP) is 3.18. The molecule has 35 heavy (non-hydrogen) atoms. The number of ether oxygens (including phenoxy) is 1. The highest BCUT2D eigenvalue weighted by molar-refractivity contribution is 7.98. The molecule has 0 saturated carbocycles. The summed E-state index contributed by atoms with van der Waals surface area (Å²) in [7, 11) is 0.0628. The Hall–Kier alpha value is -2.83. The maximum Gasteiger partial charge on any atom is 0.232 e. The highest BCUT2D eigenvalue weighted by atomic mass is 32.2. The zero-order valence-electron chi connectivity index (χ0n) is 20.4. The monoisotopic (exact) mass is 514 g/mol. The summed E-state index contributed by atoms with van der Waals surface area (Å²) in [4.78, 5) is 10.7. The second-order valence-corrected chi connectivity index (χ2v) is 11.2. The van der Waals surface area contributed by atoms with Gasteiger partial charge in [0.25, 0.3) is 0 Å². The molecule has 1 fully saturated rings. The molecule has 1 saturated heterocycles. The van der Waals surface area contributed by atoms with Crippen LogP contribution in [0.3, 0.4) is 0 Å². The number of aromatic nitrogens is 1. The predicted molar refractivity (Wildman–Crippen MR) is 140 cm³/mol. The van der Waals surface area contributed by atoms with E-state index in [-0.39, 0.29) is 6.10 Å². The first-order valence-electron chi connectivity index (χ1n) is 11.2. The van der Waals surface area contributed by atoms with Crippen molar-refractivity contribution in [3.63, 3.8) is 0 Å². The summed E-state index contributed by atoms with van der Waals surface area (Å²) in [5.41, 5.74) is 3.15. The number of hydrogen-bond acceptors (Lipinski definition) is 8. The number of likely N-dealkylation sites (N-methyl/N-ethyl adjacent to an activating group) is 1. The Balaban J connectivity index is 1.91. The molecular weight excluding hydrogens is 484 g/mol. The van der Waals surface area contributed by atoms with Gasteiger partial charge < -0.3 is 15.0 Å². The molecular formula is C24H30N6O3S2. The van der Waals surface area contributed by atoms with Crippen molar-refractivity contribution < 1.29 is 13.2 Å². The van der Waals surface area contributed by atoms with Crippen LogP contribution in [0.25, 0.3) is 4.85 Å². The van der Waals surface area contributed by atoms with E-state index in [2.05, 4.69) is 21.1 Å². The van der Waals surface area contributed by atoms with Gasteiger partial charge in [0.1, 0.15) is 16.9 Å². The summed E-state index contributed by atoms with van der Waals surface area (Å²) in [6, 6.07) is 9.53. The van der Waals surface area contributed by atoms with E-state index in [4.69, 9.17) is 16.3 Å². The normalized spacial score (nSPS) is 15.9. The molecule has 1 aromatic carbocycles. The van der Waals surface area contributed by atoms with Crippen LogP contribution in [-0.2, 0) is 26.9 Å². The first kappa shape index (κ1) is 26.8. The first-order chi connectivity index (χ1) is 16.7. The van der Waals surface area contributed by atoms with Gasteiger partial charge in [-0.25, -0.2) is 18.2 Å². The van der Waals surface area contributed by atoms with Crippen LogP contribution in [0.4, 0.5) is 17.2 Å². The van der Waals surface area contributed by atoms with Gasteiger partial charge in [-0.1, -0.05) is 19.1 Å². The lowest BCUT2D eigenvalue weighted by Crippen LogP contribution is -2.46. The van der Waals surface area contributed by atoms with Crippen molar-refractivity contribution in [2.45, 2.75) is 30.2 Å². The molecule has 2 heterocycles. The Kier molecular flexibility index (Phi) is 8.98. The fourth-order valence-corrected chi connectivity index (χ4v) is 5.36. The van der Waals surface area contributed by atoms with Gasteiger partial charge >= 0.3 is 0 Å². The quantitative estimate of drug-likeness (QED) is 0.402. The maximum atomic E-state index is 11.8. The van der Waals surface area contributed by atoms with Crippen molar-refractivity contribution in [1.29, 1.82) is 5.26 Å². The second-order valence-electron chi connectivity index (χ2n) is 8.20. The second kappa shape index (κ2) is 11.7. The Morgan fingerprint density at radius 3 is 2.69 bits per heavy atom. The van der Waals surface area contributed by atoms with Crippen LogP contribution in [0.2, 0.25) is 0 Å². The molecule has 0 radical (unpaired) electrons. The molecule has 2 aromatic rings. The van der Waals surface area contributed by atoms with Crippen LogP contribution >= 0.6 is 11.8 Å². The number of hydrogen-bond donors (Lipinski definition) is 1. The molecule has 1 N–H and O–H groups in total. The standard InChI is InChI=1S/C24H30N6O3S2/c1-6-20-21(13-25)24(34-16-17-7-9-18(10-8-17)29(4)35(5,31)32)28-23(22(20)27-3)30-11-12-33-19(15-30)14-26-2/h7-10,19,26H,6,11-12,14-16H2,1-2,4-5H3. The minimum Gasteiger partial charge on any atom is -0.373 e. The Morgan fingerprint density at radius 1 is 1.40 bits per heavy atom.